The molecule has 0 aliphatic carbocycles. The fraction of sp³-hybridized carbons (Fsp3) is 0.294. The Balaban J connectivity index is 2.45. The van der Waals surface area contributed by atoms with Crippen molar-refractivity contribution in [2.24, 2.45) is 0 Å². The van der Waals surface area contributed by atoms with E-state index >= 15 is 0 Å². The second-order valence-electron chi connectivity index (χ2n) is 5.16. The van der Waals surface area contributed by atoms with Gasteiger partial charge in [0, 0.05) is 17.6 Å². The summed E-state index contributed by atoms with van der Waals surface area (Å²) >= 11 is 6.22. The molecular weight excluding hydrogens is 289 g/mol. The Morgan fingerprint density at radius 3 is 2.29 bits per heavy atom. The highest BCUT2D eigenvalue weighted by Crippen LogP contribution is 2.35. The average Bonchev–Trinajstić information content (AvgIpc) is 2.46. The fourth-order valence-corrected chi connectivity index (χ4v) is 2.75. The summed E-state index contributed by atoms with van der Waals surface area (Å²) in [5, 5.41) is 10.5. The van der Waals surface area contributed by atoms with E-state index in [4.69, 9.17) is 11.6 Å². The number of nitrogens with zero attached hydrogens (tertiary/aromatic N) is 1. The first kappa shape index (κ1) is 15.8. The highest BCUT2D eigenvalue weighted by molar-refractivity contribution is 6.31. The normalized spacial score (nSPS) is 13.8. The number of hydrogen-bond donors (Lipinski definition) is 1. The third-order valence-corrected chi connectivity index (χ3v) is 4.10. The quantitative estimate of drug-likeness (QED) is 0.882. The van der Waals surface area contributed by atoms with Crippen LogP contribution in [0.3, 0.4) is 0 Å². The van der Waals surface area contributed by atoms with E-state index in [2.05, 4.69) is 0 Å². The van der Waals surface area contributed by atoms with Crippen LogP contribution in [0.25, 0.3) is 0 Å². The summed E-state index contributed by atoms with van der Waals surface area (Å²) in [6.45, 7) is 3.59. The second-order valence-corrected chi connectivity index (χ2v) is 5.57. The number of benzene rings is 2. The molecule has 0 aliphatic rings. The molecule has 0 fully saturated rings. The van der Waals surface area contributed by atoms with Crippen molar-refractivity contribution in [2.45, 2.75) is 26.0 Å². The van der Waals surface area contributed by atoms with Crippen LogP contribution in [-0.4, -0.2) is 12.2 Å². The Hall–Kier alpha value is -1.58. The molecule has 2 nitrogen and oxygen atoms in total. The molecule has 0 saturated heterocycles. The molecule has 0 bridgehead atoms. The second kappa shape index (κ2) is 6.46. The summed E-state index contributed by atoms with van der Waals surface area (Å²) < 4.78 is 14.3. The summed E-state index contributed by atoms with van der Waals surface area (Å²) in [6.07, 6.45) is -0.739. The molecule has 0 aliphatic heterocycles. The van der Waals surface area contributed by atoms with E-state index in [1.807, 2.05) is 31.2 Å². The minimum Gasteiger partial charge on any atom is -0.389 e. The molecule has 2 aromatic rings. The molecule has 2 atom stereocenters. The largest absolute Gasteiger partial charge is 0.389 e. The molecule has 21 heavy (non-hydrogen) atoms. The third kappa shape index (κ3) is 3.20. The number of aliphatic hydroxyl groups excluding tert-OH is 1. The van der Waals surface area contributed by atoms with Crippen molar-refractivity contribution < 1.29 is 9.50 Å². The maximum atomic E-state index is 14.3. The lowest BCUT2D eigenvalue weighted by molar-refractivity contribution is 0.199. The Kier molecular flexibility index (Phi) is 4.86. The Morgan fingerprint density at radius 1 is 1.05 bits per heavy atom. The molecule has 112 valence electrons. The number of anilines is 1. The number of aliphatic hydroxyl groups is 1. The maximum Gasteiger partial charge on any atom is 0.146 e. The molecule has 0 aromatic heterocycles. The van der Waals surface area contributed by atoms with E-state index in [1.165, 1.54) is 6.07 Å². The molecule has 1 N–H and O–H groups in total. The van der Waals surface area contributed by atoms with Gasteiger partial charge in [0.1, 0.15) is 5.82 Å². The Morgan fingerprint density at radius 2 is 1.67 bits per heavy atom. The van der Waals surface area contributed by atoms with Gasteiger partial charge in [-0.15, -0.1) is 0 Å². The highest BCUT2D eigenvalue weighted by Gasteiger charge is 2.22. The predicted molar refractivity (Wildman–Crippen MR) is 85.3 cm³/mol. The minimum absolute atomic E-state index is 0.118. The smallest absolute Gasteiger partial charge is 0.146 e. The summed E-state index contributed by atoms with van der Waals surface area (Å²) in [5.41, 5.74) is 1.89. The van der Waals surface area contributed by atoms with Crippen molar-refractivity contribution in [1.82, 2.24) is 0 Å². The first-order valence-corrected chi connectivity index (χ1v) is 7.25. The zero-order valence-electron chi connectivity index (χ0n) is 12.3. The number of halogens is 2. The molecule has 4 heteroatoms. The van der Waals surface area contributed by atoms with E-state index in [-0.39, 0.29) is 11.9 Å². The van der Waals surface area contributed by atoms with Crippen molar-refractivity contribution >= 4 is 17.3 Å². The summed E-state index contributed by atoms with van der Waals surface area (Å²) in [4.78, 5) is 1.80. The van der Waals surface area contributed by atoms with Crippen LogP contribution in [-0.2, 0) is 0 Å². The van der Waals surface area contributed by atoms with Crippen LogP contribution < -0.4 is 4.90 Å². The molecule has 0 saturated carbocycles. The molecule has 2 rings (SSSR count). The van der Waals surface area contributed by atoms with Gasteiger partial charge in [0.15, 0.2) is 0 Å². The van der Waals surface area contributed by atoms with Crippen molar-refractivity contribution in [3.63, 3.8) is 0 Å². The monoisotopic (exact) mass is 307 g/mol. The van der Waals surface area contributed by atoms with Crippen molar-refractivity contribution in [1.29, 1.82) is 0 Å². The number of para-hydroxylation sites is 1. The predicted octanol–water partition coefficient (Wildman–Crippen LogP) is 4.73. The maximum absolute atomic E-state index is 14.3. The van der Waals surface area contributed by atoms with Crippen LogP contribution in [0.2, 0.25) is 5.02 Å². The van der Waals surface area contributed by atoms with E-state index in [0.29, 0.717) is 16.3 Å². The van der Waals surface area contributed by atoms with Crippen LogP contribution >= 0.6 is 11.6 Å². The standard InChI is InChI=1S/C17H19ClFNO/c1-11(13-7-4-5-9-15(13)18)20(3)17-14(12(2)21)8-6-10-16(17)19/h4-12,21H,1-3H3/t11?,12-/m0/s1. The van der Waals surface area contributed by atoms with Crippen molar-refractivity contribution in [2.75, 3.05) is 11.9 Å². The first-order chi connectivity index (χ1) is 9.93. The lowest BCUT2D eigenvalue weighted by atomic mass is 10.0. The van der Waals surface area contributed by atoms with E-state index in [1.54, 1.807) is 31.0 Å². The lowest BCUT2D eigenvalue weighted by Crippen LogP contribution is -2.24. The van der Waals surface area contributed by atoms with E-state index in [0.717, 1.165) is 5.56 Å². The Bertz CT molecular complexity index is 630. The first-order valence-electron chi connectivity index (χ1n) is 6.87. The fourth-order valence-electron chi connectivity index (χ4n) is 2.46. The van der Waals surface area contributed by atoms with Crippen LogP contribution in [0.1, 0.15) is 37.1 Å². The molecule has 0 amide bonds. The highest BCUT2D eigenvalue weighted by atomic mass is 35.5. The Labute approximate surface area is 129 Å². The molecular formula is C17H19ClFNO. The van der Waals surface area contributed by atoms with Crippen LogP contribution in [0, 0.1) is 5.82 Å². The van der Waals surface area contributed by atoms with Crippen molar-refractivity contribution in [3.8, 4) is 0 Å². The van der Waals surface area contributed by atoms with Gasteiger partial charge < -0.3 is 10.0 Å². The number of rotatable bonds is 4. The summed E-state index contributed by atoms with van der Waals surface area (Å²) in [6, 6.07) is 12.1. The molecule has 1 unspecified atom stereocenters. The third-order valence-electron chi connectivity index (χ3n) is 3.76. The molecule has 2 aromatic carbocycles. The zero-order chi connectivity index (χ0) is 15.6. The number of hydrogen-bond acceptors (Lipinski definition) is 2. The average molecular weight is 308 g/mol. The van der Waals surface area contributed by atoms with E-state index in [9.17, 15) is 9.50 Å². The van der Waals surface area contributed by atoms with Crippen molar-refractivity contribution in [3.05, 3.63) is 64.4 Å². The van der Waals surface area contributed by atoms with Gasteiger partial charge in [-0.2, -0.15) is 0 Å². The van der Waals surface area contributed by atoms with Gasteiger partial charge in [-0.3, -0.25) is 0 Å². The van der Waals surface area contributed by atoms with Crippen LogP contribution in [0.4, 0.5) is 10.1 Å². The molecule has 0 spiro atoms. The van der Waals surface area contributed by atoms with Gasteiger partial charge in [-0.25, -0.2) is 4.39 Å². The van der Waals surface area contributed by atoms with Gasteiger partial charge in [-0.05, 0) is 31.5 Å². The van der Waals surface area contributed by atoms with Gasteiger partial charge in [0.2, 0.25) is 0 Å². The topological polar surface area (TPSA) is 23.5 Å². The van der Waals surface area contributed by atoms with Gasteiger partial charge in [0.25, 0.3) is 0 Å². The summed E-state index contributed by atoms with van der Waals surface area (Å²) in [5.74, 6) is -0.352. The molecule has 0 radical (unpaired) electrons. The lowest BCUT2D eigenvalue weighted by Gasteiger charge is -2.30. The summed E-state index contributed by atoms with van der Waals surface area (Å²) in [7, 11) is 1.80. The van der Waals surface area contributed by atoms with Gasteiger partial charge in [-0.1, -0.05) is 41.9 Å². The van der Waals surface area contributed by atoms with Crippen LogP contribution in [0.5, 0.6) is 0 Å². The minimum atomic E-state index is -0.739. The van der Waals surface area contributed by atoms with Gasteiger partial charge in [0.05, 0.1) is 17.8 Å². The van der Waals surface area contributed by atoms with Gasteiger partial charge >= 0.3 is 0 Å². The SMILES string of the molecule is CC(c1ccccc1Cl)N(C)c1c(F)cccc1[C@H](C)O. The molecule has 0 heterocycles. The van der Waals surface area contributed by atoms with Crippen LogP contribution in [0.15, 0.2) is 42.5 Å². The van der Waals surface area contributed by atoms with E-state index < -0.39 is 6.10 Å². The zero-order valence-corrected chi connectivity index (χ0v) is 13.1.